The van der Waals surface area contributed by atoms with Crippen molar-refractivity contribution in [2.45, 2.75) is 63.3 Å². The molecule has 0 aliphatic rings. The van der Waals surface area contributed by atoms with Crippen molar-refractivity contribution in [2.24, 2.45) is 11.5 Å². The monoisotopic (exact) mass is 401 g/mol. The van der Waals surface area contributed by atoms with Gasteiger partial charge in [0.05, 0.1) is 12.3 Å². The maximum atomic E-state index is 12.0. The Kier molecular flexibility index (Phi) is 9.17. The van der Waals surface area contributed by atoms with E-state index in [1.54, 1.807) is 6.07 Å². The number of anilines is 1. The van der Waals surface area contributed by atoms with Gasteiger partial charge >= 0.3 is 6.09 Å². The van der Waals surface area contributed by atoms with Gasteiger partial charge in [0.2, 0.25) is 0 Å². The van der Waals surface area contributed by atoms with E-state index in [2.05, 4.69) is 12.2 Å². The summed E-state index contributed by atoms with van der Waals surface area (Å²) in [5.41, 5.74) is 11.8. The molecule has 0 fully saturated rings. The molecule has 27 heavy (non-hydrogen) atoms. The van der Waals surface area contributed by atoms with E-state index in [-0.39, 0.29) is 17.9 Å². The zero-order valence-electron chi connectivity index (χ0n) is 16.0. The third-order valence-corrected chi connectivity index (χ3v) is 5.86. The van der Waals surface area contributed by atoms with Gasteiger partial charge in [-0.25, -0.2) is 4.79 Å². The molecule has 154 valence electrons. The maximum Gasteiger partial charge on any atom is 0.411 e. The summed E-state index contributed by atoms with van der Waals surface area (Å²) in [5, 5.41) is 2.48. The number of benzene rings is 1. The fraction of sp³-hybridized carbons (Fsp3) is 0.611. The van der Waals surface area contributed by atoms with Crippen LogP contribution in [-0.2, 0) is 19.7 Å². The normalized spacial score (nSPS) is 15.0. The summed E-state index contributed by atoms with van der Waals surface area (Å²) in [6, 6.07) is 4.86. The summed E-state index contributed by atoms with van der Waals surface area (Å²) in [6.07, 6.45) is 5.64. The standard InChI is InChI=1S/C18H31N3O5S/c1-3-4-5-6-7-10-13-26-17(22)21-16-12-9-8-11-15(16)18(20,14(2)19)27(23,24)25/h8-9,11-12,14H,3-7,10,13,19-20H2,1-2H3,(H,21,22)(H,23,24,25). The second-order valence-electron chi connectivity index (χ2n) is 6.63. The van der Waals surface area contributed by atoms with Crippen molar-refractivity contribution in [3.8, 4) is 0 Å². The van der Waals surface area contributed by atoms with Crippen molar-refractivity contribution in [3.05, 3.63) is 29.8 Å². The highest BCUT2D eigenvalue weighted by atomic mass is 32.2. The molecule has 9 heteroatoms. The van der Waals surface area contributed by atoms with Gasteiger partial charge in [-0.3, -0.25) is 9.87 Å². The summed E-state index contributed by atoms with van der Waals surface area (Å²) >= 11 is 0. The van der Waals surface area contributed by atoms with E-state index in [0.29, 0.717) is 0 Å². The Morgan fingerprint density at radius 3 is 2.41 bits per heavy atom. The van der Waals surface area contributed by atoms with Gasteiger partial charge in [0.25, 0.3) is 10.1 Å². The van der Waals surface area contributed by atoms with Crippen LogP contribution in [0.4, 0.5) is 10.5 Å². The molecule has 0 aliphatic heterocycles. The van der Waals surface area contributed by atoms with Crippen LogP contribution in [0.5, 0.6) is 0 Å². The van der Waals surface area contributed by atoms with E-state index in [4.69, 9.17) is 16.2 Å². The predicted molar refractivity (Wildman–Crippen MR) is 106 cm³/mol. The van der Waals surface area contributed by atoms with Gasteiger partial charge in [-0.05, 0) is 19.4 Å². The summed E-state index contributed by atoms with van der Waals surface area (Å²) in [4.78, 5) is 9.76. The molecule has 1 aromatic carbocycles. The quantitative estimate of drug-likeness (QED) is 0.329. The van der Waals surface area contributed by atoms with Gasteiger partial charge in [0, 0.05) is 11.6 Å². The number of unbranched alkanes of at least 4 members (excludes halogenated alkanes) is 5. The van der Waals surface area contributed by atoms with E-state index >= 15 is 0 Å². The summed E-state index contributed by atoms with van der Waals surface area (Å²) in [7, 11) is -4.75. The van der Waals surface area contributed by atoms with E-state index < -0.39 is 27.1 Å². The molecule has 1 aromatic rings. The first-order valence-corrected chi connectivity index (χ1v) is 10.6. The van der Waals surface area contributed by atoms with Gasteiger partial charge < -0.3 is 16.2 Å². The Bertz CT molecular complexity index is 709. The maximum absolute atomic E-state index is 12.0. The van der Waals surface area contributed by atoms with Crippen LogP contribution in [0.3, 0.4) is 0 Å². The molecule has 1 amide bonds. The average Bonchev–Trinajstić information content (AvgIpc) is 2.59. The van der Waals surface area contributed by atoms with Crippen molar-refractivity contribution in [2.75, 3.05) is 11.9 Å². The number of nitrogens with one attached hydrogen (secondary N) is 1. The first kappa shape index (κ1) is 23.4. The van der Waals surface area contributed by atoms with Crippen molar-refractivity contribution in [3.63, 3.8) is 0 Å². The molecular formula is C18H31N3O5S. The largest absolute Gasteiger partial charge is 0.449 e. The highest BCUT2D eigenvalue weighted by Gasteiger charge is 2.46. The van der Waals surface area contributed by atoms with Gasteiger partial charge in [0.15, 0.2) is 4.87 Å². The second-order valence-corrected chi connectivity index (χ2v) is 8.26. The lowest BCUT2D eigenvalue weighted by Gasteiger charge is -2.31. The summed E-state index contributed by atoms with van der Waals surface area (Å²) < 4.78 is 38.5. The van der Waals surface area contributed by atoms with Crippen LogP contribution in [0.1, 0.15) is 57.9 Å². The fourth-order valence-electron chi connectivity index (χ4n) is 2.75. The highest BCUT2D eigenvalue weighted by Crippen LogP contribution is 2.32. The number of carbonyl (C=O) groups excluding carboxylic acids is 1. The van der Waals surface area contributed by atoms with Crippen LogP contribution < -0.4 is 16.8 Å². The van der Waals surface area contributed by atoms with E-state index in [1.165, 1.54) is 44.4 Å². The number of hydrogen-bond donors (Lipinski definition) is 4. The van der Waals surface area contributed by atoms with E-state index in [9.17, 15) is 17.8 Å². The first-order chi connectivity index (χ1) is 12.6. The van der Waals surface area contributed by atoms with E-state index in [1.807, 2.05) is 0 Å². The zero-order chi connectivity index (χ0) is 20.5. The minimum atomic E-state index is -4.75. The Labute approximate surface area is 161 Å². The lowest BCUT2D eigenvalue weighted by molar-refractivity contribution is 0.159. The number of hydrogen-bond acceptors (Lipinski definition) is 6. The molecule has 0 heterocycles. The molecule has 2 unspecified atom stereocenters. The Hall–Kier alpha value is -1.68. The molecular weight excluding hydrogens is 370 g/mol. The van der Waals surface area contributed by atoms with Crippen LogP contribution >= 0.6 is 0 Å². The van der Waals surface area contributed by atoms with Crippen molar-refractivity contribution in [1.82, 2.24) is 0 Å². The molecule has 0 spiro atoms. The molecule has 2 atom stereocenters. The van der Waals surface area contributed by atoms with Crippen molar-refractivity contribution >= 4 is 21.9 Å². The van der Waals surface area contributed by atoms with Gasteiger partial charge in [-0.1, -0.05) is 57.2 Å². The summed E-state index contributed by atoms with van der Waals surface area (Å²) in [5.74, 6) is 0. The molecule has 1 rings (SSSR count). The molecule has 0 aliphatic carbocycles. The van der Waals surface area contributed by atoms with Crippen LogP contribution in [-0.4, -0.2) is 31.7 Å². The molecule has 0 bridgehead atoms. The Balaban J connectivity index is 2.76. The minimum Gasteiger partial charge on any atom is -0.449 e. The van der Waals surface area contributed by atoms with Crippen molar-refractivity contribution in [1.29, 1.82) is 0 Å². The first-order valence-electron chi connectivity index (χ1n) is 9.19. The zero-order valence-corrected chi connectivity index (χ0v) is 16.8. The van der Waals surface area contributed by atoms with Gasteiger partial charge in [-0.15, -0.1) is 0 Å². The van der Waals surface area contributed by atoms with Gasteiger partial charge in [-0.2, -0.15) is 8.42 Å². The predicted octanol–water partition coefficient (Wildman–Crippen LogP) is 2.94. The highest BCUT2D eigenvalue weighted by molar-refractivity contribution is 7.86. The Morgan fingerprint density at radius 2 is 1.81 bits per heavy atom. The number of carbonyl (C=O) groups is 1. The fourth-order valence-corrected chi connectivity index (χ4v) is 3.67. The molecule has 0 aromatic heterocycles. The second kappa shape index (κ2) is 10.6. The lowest BCUT2D eigenvalue weighted by Crippen LogP contribution is -2.56. The number of para-hydroxylation sites is 1. The van der Waals surface area contributed by atoms with Crippen LogP contribution in [0.15, 0.2) is 24.3 Å². The number of rotatable bonds is 11. The van der Waals surface area contributed by atoms with E-state index in [0.717, 1.165) is 19.3 Å². The minimum absolute atomic E-state index is 0.0148. The van der Waals surface area contributed by atoms with Crippen LogP contribution in [0.2, 0.25) is 0 Å². The van der Waals surface area contributed by atoms with Crippen LogP contribution in [0.25, 0.3) is 0 Å². The average molecular weight is 402 g/mol. The Morgan fingerprint density at radius 1 is 1.22 bits per heavy atom. The smallest absolute Gasteiger partial charge is 0.411 e. The summed E-state index contributed by atoms with van der Waals surface area (Å²) in [6.45, 7) is 3.77. The number of nitrogens with two attached hydrogens (primary N) is 2. The van der Waals surface area contributed by atoms with Crippen molar-refractivity contribution < 1.29 is 22.5 Å². The number of amides is 1. The topological polar surface area (TPSA) is 145 Å². The molecule has 6 N–H and O–H groups in total. The molecule has 0 radical (unpaired) electrons. The number of ether oxygens (including phenoxy) is 1. The molecule has 0 saturated carbocycles. The van der Waals surface area contributed by atoms with Crippen LogP contribution in [0, 0.1) is 0 Å². The third-order valence-electron chi connectivity index (χ3n) is 4.42. The SMILES string of the molecule is CCCCCCCCOC(=O)Nc1ccccc1C(N)(C(C)N)S(=O)(=O)O. The third kappa shape index (κ3) is 6.46. The molecule has 8 nitrogen and oxygen atoms in total. The van der Waals surface area contributed by atoms with Gasteiger partial charge in [0.1, 0.15) is 0 Å². The lowest BCUT2D eigenvalue weighted by atomic mass is 9.99. The molecule has 0 saturated heterocycles.